The number of anilines is 2. The number of benzene rings is 1. The molecule has 2 fully saturated rings. The van der Waals surface area contributed by atoms with Crippen LogP contribution in [0, 0.1) is 11.8 Å². The minimum atomic E-state index is 0.193. The highest BCUT2D eigenvalue weighted by Gasteiger charge is 2.23. The van der Waals surface area contributed by atoms with E-state index >= 15 is 0 Å². The number of aromatic nitrogens is 2. The molecule has 5 N–H and O–H groups in total. The van der Waals surface area contributed by atoms with E-state index in [2.05, 4.69) is 20.2 Å². The average Bonchev–Trinajstić information content (AvgIpc) is 2.68. The second kappa shape index (κ2) is 8.27. The summed E-state index contributed by atoms with van der Waals surface area (Å²) < 4.78 is 6.14. The molecule has 7 heteroatoms. The Hall–Kier alpha value is -2.12. The van der Waals surface area contributed by atoms with Crippen LogP contribution in [0.1, 0.15) is 25.7 Å². The number of nitrogens with one attached hydrogen (secondary N) is 1. The van der Waals surface area contributed by atoms with Crippen molar-refractivity contribution in [1.29, 1.82) is 0 Å². The van der Waals surface area contributed by atoms with E-state index in [1.165, 1.54) is 58.4 Å². The van der Waals surface area contributed by atoms with Crippen molar-refractivity contribution in [1.82, 2.24) is 20.2 Å². The number of hydrogen-bond acceptors (Lipinski definition) is 7. The lowest BCUT2D eigenvalue weighted by Gasteiger charge is -2.35. The van der Waals surface area contributed by atoms with Crippen LogP contribution in [0.25, 0.3) is 10.9 Å². The highest BCUT2D eigenvalue weighted by atomic mass is 16.5. The van der Waals surface area contributed by atoms with Gasteiger partial charge in [-0.2, -0.15) is 4.98 Å². The molecule has 0 spiro atoms. The first-order valence-corrected chi connectivity index (χ1v) is 10.1. The molecular weight excluding hydrogens is 340 g/mol. The van der Waals surface area contributed by atoms with Gasteiger partial charge in [-0.3, -0.25) is 0 Å². The fourth-order valence-corrected chi connectivity index (χ4v) is 4.29. The fraction of sp³-hybridized carbons (Fsp3) is 0.600. The molecule has 3 heterocycles. The molecule has 146 valence electrons. The van der Waals surface area contributed by atoms with Crippen molar-refractivity contribution in [3.8, 4) is 5.75 Å². The van der Waals surface area contributed by atoms with E-state index in [1.54, 1.807) is 0 Å². The highest BCUT2D eigenvalue weighted by Crippen LogP contribution is 2.30. The maximum atomic E-state index is 6.14. The Morgan fingerprint density at radius 2 is 1.81 bits per heavy atom. The van der Waals surface area contributed by atoms with E-state index < -0.39 is 0 Å². The van der Waals surface area contributed by atoms with E-state index in [0.29, 0.717) is 18.3 Å². The van der Waals surface area contributed by atoms with Gasteiger partial charge in [0.25, 0.3) is 0 Å². The number of nitrogens with two attached hydrogens (primary N) is 2. The van der Waals surface area contributed by atoms with Gasteiger partial charge in [-0.1, -0.05) is 6.07 Å². The number of piperidine rings is 2. The lowest BCUT2D eigenvalue weighted by Crippen LogP contribution is -2.41. The third kappa shape index (κ3) is 4.42. The van der Waals surface area contributed by atoms with Crippen LogP contribution >= 0.6 is 0 Å². The molecule has 1 aromatic heterocycles. The molecule has 27 heavy (non-hydrogen) atoms. The molecular formula is C20H30N6O. The predicted molar refractivity (Wildman–Crippen MR) is 109 cm³/mol. The summed E-state index contributed by atoms with van der Waals surface area (Å²) in [6.45, 7) is 6.68. The third-order valence-electron chi connectivity index (χ3n) is 5.89. The van der Waals surface area contributed by atoms with E-state index in [4.69, 9.17) is 16.2 Å². The van der Waals surface area contributed by atoms with Gasteiger partial charge in [-0.25, -0.2) is 4.98 Å². The highest BCUT2D eigenvalue weighted by molar-refractivity contribution is 5.94. The smallest absolute Gasteiger partial charge is 0.222 e. The molecule has 2 aliphatic heterocycles. The van der Waals surface area contributed by atoms with Gasteiger partial charge in [0.2, 0.25) is 5.95 Å². The monoisotopic (exact) mass is 370 g/mol. The molecule has 4 rings (SSSR count). The van der Waals surface area contributed by atoms with Crippen LogP contribution in [0.2, 0.25) is 0 Å². The lowest BCUT2D eigenvalue weighted by atomic mass is 9.94. The molecule has 1 aromatic carbocycles. The summed E-state index contributed by atoms with van der Waals surface area (Å²) in [5.74, 6) is 2.77. The molecule has 2 aromatic rings. The molecule has 0 amide bonds. The fourth-order valence-electron chi connectivity index (χ4n) is 4.29. The van der Waals surface area contributed by atoms with Crippen molar-refractivity contribution >= 4 is 22.7 Å². The number of likely N-dealkylation sites (tertiary alicyclic amines) is 1. The van der Waals surface area contributed by atoms with E-state index in [-0.39, 0.29) is 5.95 Å². The molecule has 0 atom stereocenters. The maximum absolute atomic E-state index is 6.14. The van der Waals surface area contributed by atoms with Crippen molar-refractivity contribution in [3.05, 3.63) is 18.2 Å². The Labute approximate surface area is 160 Å². The SMILES string of the molecule is Nc1nc(N)c2c(OCC3CCN(CC4CCNCC4)CC3)cccc2n1. The number of hydrogen-bond donors (Lipinski definition) is 3. The lowest BCUT2D eigenvalue weighted by molar-refractivity contribution is 0.121. The van der Waals surface area contributed by atoms with Crippen LogP contribution in [0.15, 0.2) is 18.2 Å². The topological polar surface area (TPSA) is 102 Å². The van der Waals surface area contributed by atoms with Crippen LogP contribution in [0.4, 0.5) is 11.8 Å². The van der Waals surface area contributed by atoms with Crippen molar-refractivity contribution in [2.45, 2.75) is 25.7 Å². The summed E-state index contributed by atoms with van der Waals surface area (Å²) in [6, 6.07) is 5.74. The Morgan fingerprint density at radius 1 is 1.04 bits per heavy atom. The molecule has 0 aliphatic carbocycles. The quantitative estimate of drug-likeness (QED) is 0.738. The Balaban J connectivity index is 1.31. The Morgan fingerprint density at radius 3 is 2.59 bits per heavy atom. The van der Waals surface area contributed by atoms with E-state index in [9.17, 15) is 0 Å². The first-order chi connectivity index (χ1) is 13.2. The van der Waals surface area contributed by atoms with Crippen LogP contribution < -0.4 is 21.5 Å². The molecule has 0 radical (unpaired) electrons. The largest absolute Gasteiger partial charge is 0.492 e. The predicted octanol–water partition coefficient (Wildman–Crippen LogP) is 1.88. The molecule has 2 aliphatic rings. The van der Waals surface area contributed by atoms with Crippen LogP contribution in [-0.4, -0.2) is 54.2 Å². The Bertz CT molecular complexity index is 768. The van der Waals surface area contributed by atoms with Gasteiger partial charge in [0, 0.05) is 6.54 Å². The molecule has 0 unspecified atom stereocenters. The number of nitrogen functional groups attached to an aromatic ring is 2. The number of fused-ring (bicyclic) bond motifs is 1. The summed E-state index contributed by atoms with van der Waals surface area (Å²) in [5.41, 5.74) is 12.5. The van der Waals surface area contributed by atoms with E-state index in [1.807, 2.05) is 18.2 Å². The van der Waals surface area contributed by atoms with Crippen LogP contribution in [0.5, 0.6) is 5.75 Å². The second-order valence-corrected chi connectivity index (χ2v) is 7.87. The summed E-state index contributed by atoms with van der Waals surface area (Å²) in [5, 5.41) is 4.21. The molecule has 0 bridgehead atoms. The minimum Gasteiger partial charge on any atom is -0.492 e. The van der Waals surface area contributed by atoms with Crippen molar-refractivity contribution in [3.63, 3.8) is 0 Å². The zero-order valence-electron chi connectivity index (χ0n) is 15.9. The number of rotatable bonds is 5. The maximum Gasteiger partial charge on any atom is 0.222 e. The van der Waals surface area contributed by atoms with Gasteiger partial charge in [0.1, 0.15) is 11.6 Å². The van der Waals surface area contributed by atoms with E-state index in [0.717, 1.165) is 22.6 Å². The number of nitrogens with zero attached hydrogens (tertiary/aromatic N) is 3. The van der Waals surface area contributed by atoms with Gasteiger partial charge >= 0.3 is 0 Å². The van der Waals surface area contributed by atoms with Crippen molar-refractivity contribution < 1.29 is 4.74 Å². The summed E-state index contributed by atoms with van der Waals surface area (Å²) in [7, 11) is 0. The first kappa shape index (κ1) is 18.3. The Kier molecular flexibility index (Phi) is 5.59. The van der Waals surface area contributed by atoms with Crippen molar-refractivity contribution in [2.75, 3.05) is 50.8 Å². The summed E-state index contributed by atoms with van der Waals surface area (Å²) >= 11 is 0. The minimum absolute atomic E-state index is 0.193. The zero-order chi connectivity index (χ0) is 18.6. The van der Waals surface area contributed by atoms with Gasteiger partial charge in [0.15, 0.2) is 0 Å². The second-order valence-electron chi connectivity index (χ2n) is 7.87. The van der Waals surface area contributed by atoms with Crippen molar-refractivity contribution in [2.24, 2.45) is 11.8 Å². The zero-order valence-corrected chi connectivity index (χ0v) is 15.9. The summed E-state index contributed by atoms with van der Waals surface area (Å²) in [4.78, 5) is 11.0. The standard InChI is InChI=1S/C20H30N6O/c21-19-18-16(24-20(22)25-19)2-1-3-17(18)27-13-15-6-10-26(11-7-15)12-14-4-8-23-9-5-14/h1-3,14-15,23H,4-13H2,(H4,21,22,24,25). The van der Waals surface area contributed by atoms with Gasteiger partial charge in [-0.05, 0) is 75.8 Å². The van der Waals surface area contributed by atoms with Crippen LogP contribution in [0.3, 0.4) is 0 Å². The summed E-state index contributed by atoms with van der Waals surface area (Å²) in [6.07, 6.45) is 5.01. The van der Waals surface area contributed by atoms with Gasteiger partial charge in [-0.15, -0.1) is 0 Å². The first-order valence-electron chi connectivity index (χ1n) is 10.1. The number of ether oxygens (including phenoxy) is 1. The molecule has 0 saturated carbocycles. The normalized spacial score (nSPS) is 20.1. The average molecular weight is 371 g/mol. The van der Waals surface area contributed by atoms with Crippen LogP contribution in [-0.2, 0) is 0 Å². The van der Waals surface area contributed by atoms with Gasteiger partial charge in [0.05, 0.1) is 17.5 Å². The van der Waals surface area contributed by atoms with Gasteiger partial charge < -0.3 is 26.4 Å². The third-order valence-corrected chi connectivity index (χ3v) is 5.89. The molecule has 2 saturated heterocycles. The molecule has 7 nitrogen and oxygen atoms in total.